The molecular formula is C21H26O5. The second-order valence-corrected chi connectivity index (χ2v) is 8.14. The fourth-order valence-electron chi connectivity index (χ4n) is 5.96. The molecule has 0 aromatic heterocycles. The van der Waals surface area contributed by atoms with E-state index in [0.717, 1.165) is 18.4 Å². The van der Waals surface area contributed by atoms with Crippen molar-refractivity contribution >= 4 is 0 Å². The first-order valence-electron chi connectivity index (χ1n) is 9.49. The number of aliphatic hydroxyl groups is 1. The minimum atomic E-state index is -0.401. The van der Waals surface area contributed by atoms with E-state index in [4.69, 9.17) is 18.9 Å². The number of methoxy groups -OCH3 is 1. The summed E-state index contributed by atoms with van der Waals surface area (Å²) in [4.78, 5) is 0. The molecule has 0 amide bonds. The van der Waals surface area contributed by atoms with Gasteiger partial charge in [0.05, 0.1) is 18.8 Å². The number of aliphatic hydroxyl groups excluding tert-OH is 1. The van der Waals surface area contributed by atoms with Gasteiger partial charge < -0.3 is 24.1 Å². The molecule has 5 heteroatoms. The largest absolute Gasteiger partial charge is 0.393 e. The third kappa shape index (κ3) is 2.28. The molecule has 1 aromatic carbocycles. The fraction of sp³-hybridized carbons (Fsp3) is 0.619. The molecule has 0 radical (unpaired) electrons. The van der Waals surface area contributed by atoms with Crippen molar-refractivity contribution in [3.05, 3.63) is 48.0 Å². The molecular weight excluding hydrogens is 332 g/mol. The zero-order valence-corrected chi connectivity index (χ0v) is 15.0. The molecule has 2 aliphatic carbocycles. The Morgan fingerprint density at radius 3 is 2.81 bits per heavy atom. The third-order valence-electron chi connectivity index (χ3n) is 6.90. The van der Waals surface area contributed by atoms with Crippen LogP contribution in [0.25, 0.3) is 0 Å². The summed E-state index contributed by atoms with van der Waals surface area (Å²) in [5, 5.41) is 10.5. The second kappa shape index (κ2) is 6.14. The van der Waals surface area contributed by atoms with Crippen molar-refractivity contribution in [2.24, 2.45) is 17.3 Å². The van der Waals surface area contributed by atoms with E-state index in [-0.39, 0.29) is 41.9 Å². The van der Waals surface area contributed by atoms with Gasteiger partial charge in [-0.05, 0) is 25.2 Å². The Labute approximate surface area is 153 Å². The highest BCUT2D eigenvalue weighted by Crippen LogP contribution is 2.66. The maximum absolute atomic E-state index is 10.5. The normalized spacial score (nSPS) is 47.3. The summed E-state index contributed by atoms with van der Waals surface area (Å²) in [6.07, 6.45) is 1.01. The van der Waals surface area contributed by atoms with Crippen molar-refractivity contribution in [3.63, 3.8) is 0 Å². The molecule has 2 saturated heterocycles. The lowest BCUT2D eigenvalue weighted by molar-refractivity contribution is -0.363. The van der Waals surface area contributed by atoms with Gasteiger partial charge >= 0.3 is 0 Å². The van der Waals surface area contributed by atoms with Crippen LogP contribution >= 0.6 is 0 Å². The van der Waals surface area contributed by atoms with Gasteiger partial charge in [-0.2, -0.15) is 0 Å². The fourth-order valence-corrected chi connectivity index (χ4v) is 5.96. The zero-order chi connectivity index (χ0) is 17.9. The van der Waals surface area contributed by atoms with Crippen molar-refractivity contribution in [3.8, 4) is 0 Å². The van der Waals surface area contributed by atoms with Crippen LogP contribution in [0.5, 0.6) is 0 Å². The van der Waals surface area contributed by atoms with Crippen LogP contribution in [0.15, 0.2) is 42.5 Å². The van der Waals surface area contributed by atoms with Crippen LogP contribution in [0.4, 0.5) is 0 Å². The Balaban J connectivity index is 1.53. The molecule has 2 heterocycles. The lowest BCUT2D eigenvalue weighted by atomic mass is 9.65. The van der Waals surface area contributed by atoms with E-state index in [1.54, 1.807) is 7.11 Å². The summed E-state index contributed by atoms with van der Waals surface area (Å²) in [6.45, 7) is 4.79. The molecule has 4 fully saturated rings. The number of benzene rings is 1. The zero-order valence-electron chi connectivity index (χ0n) is 15.0. The quantitative estimate of drug-likeness (QED) is 0.824. The Morgan fingerprint density at radius 1 is 1.23 bits per heavy atom. The molecule has 0 bridgehead atoms. The maximum Gasteiger partial charge on any atom is 0.184 e. The average Bonchev–Trinajstić information content (AvgIpc) is 3.15. The minimum absolute atomic E-state index is 0.126. The van der Waals surface area contributed by atoms with E-state index in [2.05, 4.69) is 6.58 Å². The molecule has 1 aromatic rings. The first kappa shape index (κ1) is 16.9. The van der Waals surface area contributed by atoms with Gasteiger partial charge in [-0.1, -0.05) is 42.5 Å². The smallest absolute Gasteiger partial charge is 0.184 e. The van der Waals surface area contributed by atoms with Crippen LogP contribution < -0.4 is 0 Å². The van der Waals surface area contributed by atoms with Crippen molar-refractivity contribution in [1.82, 2.24) is 0 Å². The van der Waals surface area contributed by atoms with Gasteiger partial charge in [-0.15, -0.1) is 0 Å². The summed E-state index contributed by atoms with van der Waals surface area (Å²) >= 11 is 0. The van der Waals surface area contributed by atoms with Gasteiger partial charge in [0, 0.05) is 24.0 Å². The average molecular weight is 358 g/mol. The van der Waals surface area contributed by atoms with Gasteiger partial charge in [-0.25, -0.2) is 0 Å². The number of allylic oxidation sites excluding steroid dienone is 1. The summed E-state index contributed by atoms with van der Waals surface area (Å²) in [6, 6.07) is 10.0. The predicted octanol–water partition coefficient (Wildman–Crippen LogP) is 2.81. The van der Waals surface area contributed by atoms with Gasteiger partial charge in [0.1, 0.15) is 6.10 Å². The van der Waals surface area contributed by atoms with E-state index in [0.29, 0.717) is 13.0 Å². The molecule has 5 nitrogen and oxygen atoms in total. The number of fused-ring (bicyclic) bond motifs is 1. The molecule has 5 rings (SSSR count). The highest BCUT2D eigenvalue weighted by molar-refractivity contribution is 5.27. The standard InChI is InChI=1S/C21H26O5/c1-12-8-16-20(23-2)25-17-11-24-19(13-6-4-3-5-7-13)26-18(17)21(16)10-14(22)9-15(12)21/h3-7,14-20,22H,1,8-11H2,2H3/t14?,15?,16-,17+,18+,19+,20-,21-/m0/s1. The molecule has 26 heavy (non-hydrogen) atoms. The van der Waals surface area contributed by atoms with Gasteiger partial charge in [0.15, 0.2) is 12.6 Å². The van der Waals surface area contributed by atoms with Gasteiger partial charge in [0.25, 0.3) is 0 Å². The second-order valence-electron chi connectivity index (χ2n) is 8.14. The topological polar surface area (TPSA) is 57.2 Å². The van der Waals surface area contributed by atoms with Gasteiger partial charge in [0.2, 0.25) is 0 Å². The maximum atomic E-state index is 10.5. The van der Waals surface area contributed by atoms with Crippen molar-refractivity contribution in [1.29, 1.82) is 0 Å². The molecule has 2 unspecified atom stereocenters. The summed E-state index contributed by atoms with van der Waals surface area (Å²) in [5.74, 6) is 0.420. The van der Waals surface area contributed by atoms with E-state index in [9.17, 15) is 5.11 Å². The molecule has 1 spiro atoms. The van der Waals surface area contributed by atoms with E-state index in [1.165, 1.54) is 5.57 Å². The Morgan fingerprint density at radius 2 is 2.04 bits per heavy atom. The molecule has 2 saturated carbocycles. The predicted molar refractivity (Wildman–Crippen MR) is 94.1 cm³/mol. The monoisotopic (exact) mass is 358 g/mol. The van der Waals surface area contributed by atoms with Crippen LogP contribution in [0, 0.1) is 17.3 Å². The molecule has 1 N–H and O–H groups in total. The van der Waals surface area contributed by atoms with Crippen LogP contribution in [0.3, 0.4) is 0 Å². The summed E-state index contributed by atoms with van der Waals surface area (Å²) < 4.78 is 24.4. The van der Waals surface area contributed by atoms with Crippen molar-refractivity contribution < 1.29 is 24.1 Å². The number of ether oxygens (including phenoxy) is 4. The Hall–Kier alpha value is -1.24. The Bertz CT molecular complexity index is 691. The van der Waals surface area contributed by atoms with Crippen LogP contribution in [-0.2, 0) is 18.9 Å². The molecule has 2 aliphatic heterocycles. The minimum Gasteiger partial charge on any atom is -0.393 e. The molecule has 140 valence electrons. The molecule has 8 atom stereocenters. The SMILES string of the molecule is C=C1C[C@H]2[C@@H](OC)O[C@@H]3CO[C@@H](c4ccccc4)O[C@H]3[C@]23CC(O)CC13. The number of rotatable bonds is 2. The van der Waals surface area contributed by atoms with Gasteiger partial charge in [-0.3, -0.25) is 0 Å². The van der Waals surface area contributed by atoms with Crippen molar-refractivity contribution in [2.45, 2.75) is 50.2 Å². The van der Waals surface area contributed by atoms with Crippen LogP contribution in [-0.4, -0.2) is 43.4 Å². The lowest BCUT2D eigenvalue weighted by Crippen LogP contribution is -2.62. The lowest BCUT2D eigenvalue weighted by Gasteiger charge is -2.54. The van der Waals surface area contributed by atoms with E-state index in [1.807, 2.05) is 30.3 Å². The number of hydrogen-bond acceptors (Lipinski definition) is 5. The summed E-state index contributed by atoms with van der Waals surface area (Å²) in [7, 11) is 1.69. The van der Waals surface area contributed by atoms with E-state index < -0.39 is 6.29 Å². The first-order chi connectivity index (χ1) is 12.6. The molecule has 4 aliphatic rings. The summed E-state index contributed by atoms with van der Waals surface area (Å²) in [5.41, 5.74) is 2.03. The number of hydrogen-bond donors (Lipinski definition) is 1. The van der Waals surface area contributed by atoms with Crippen LogP contribution in [0.1, 0.15) is 31.1 Å². The van der Waals surface area contributed by atoms with Crippen LogP contribution in [0.2, 0.25) is 0 Å². The van der Waals surface area contributed by atoms with Crippen molar-refractivity contribution in [2.75, 3.05) is 13.7 Å². The first-order valence-corrected chi connectivity index (χ1v) is 9.49. The van der Waals surface area contributed by atoms with E-state index >= 15 is 0 Å². The highest BCUT2D eigenvalue weighted by Gasteiger charge is 2.68. The highest BCUT2D eigenvalue weighted by atomic mass is 16.7. The third-order valence-corrected chi connectivity index (χ3v) is 6.90. The Kier molecular flexibility index (Phi) is 3.99.